The van der Waals surface area contributed by atoms with Crippen LogP contribution in [-0.2, 0) is 0 Å². The van der Waals surface area contributed by atoms with Gasteiger partial charge in [-0.1, -0.05) is 12.2 Å². The van der Waals surface area contributed by atoms with Crippen molar-refractivity contribution in [3.05, 3.63) is 48.7 Å². The average molecular weight is 232 g/mol. The van der Waals surface area contributed by atoms with E-state index in [1.165, 1.54) is 6.20 Å². The van der Waals surface area contributed by atoms with Gasteiger partial charge < -0.3 is 10.0 Å². The molecule has 0 radical (unpaired) electrons. The van der Waals surface area contributed by atoms with Crippen LogP contribution in [0.3, 0.4) is 0 Å². The normalized spacial score (nSPS) is 9.71. The molecule has 17 heavy (non-hydrogen) atoms. The third kappa shape index (κ3) is 3.17. The Balaban J connectivity index is 3.07. The molecule has 0 aliphatic rings. The van der Waals surface area contributed by atoms with E-state index < -0.39 is 5.97 Å². The zero-order chi connectivity index (χ0) is 12.8. The first-order valence-electron chi connectivity index (χ1n) is 5.26. The summed E-state index contributed by atoms with van der Waals surface area (Å²) in [6.45, 7) is 10.5. The zero-order valence-electron chi connectivity index (χ0n) is 9.89. The summed E-state index contributed by atoms with van der Waals surface area (Å²) in [5.41, 5.74) is 1.03. The van der Waals surface area contributed by atoms with Crippen molar-refractivity contribution in [3.63, 3.8) is 0 Å². The minimum Gasteiger partial charge on any atom is -0.478 e. The van der Waals surface area contributed by atoms with E-state index in [9.17, 15) is 4.79 Å². The lowest BCUT2D eigenvalue weighted by molar-refractivity contribution is 0.0696. The molecule has 0 unspecified atom stereocenters. The summed E-state index contributed by atoms with van der Waals surface area (Å²) < 4.78 is 0. The van der Waals surface area contributed by atoms with E-state index in [1.54, 1.807) is 18.2 Å². The largest absolute Gasteiger partial charge is 0.478 e. The molecule has 1 N–H and O–H groups in total. The molecular weight excluding hydrogens is 216 g/mol. The van der Waals surface area contributed by atoms with Gasteiger partial charge in [-0.25, -0.2) is 9.78 Å². The van der Waals surface area contributed by atoms with Gasteiger partial charge in [-0.05, 0) is 18.6 Å². The number of anilines is 1. The molecule has 0 amide bonds. The molecule has 4 heteroatoms. The molecule has 1 rings (SSSR count). The van der Waals surface area contributed by atoms with Crippen molar-refractivity contribution in [2.45, 2.75) is 6.92 Å². The smallest absolute Gasteiger partial charge is 0.337 e. The summed E-state index contributed by atoms with van der Waals surface area (Å²) in [7, 11) is 0. The molecule has 4 nitrogen and oxygen atoms in total. The maximum atomic E-state index is 10.8. The van der Waals surface area contributed by atoms with E-state index in [-0.39, 0.29) is 5.56 Å². The molecule has 0 aliphatic carbocycles. The second-order valence-corrected chi connectivity index (χ2v) is 3.65. The van der Waals surface area contributed by atoms with E-state index in [1.807, 2.05) is 11.8 Å². The van der Waals surface area contributed by atoms with Gasteiger partial charge in [-0.15, -0.1) is 13.2 Å². The molecule has 0 spiro atoms. The van der Waals surface area contributed by atoms with Crippen molar-refractivity contribution in [1.82, 2.24) is 4.98 Å². The molecule has 0 fully saturated rings. The Morgan fingerprint density at radius 3 is 2.47 bits per heavy atom. The average Bonchev–Trinajstić information content (AvgIpc) is 2.28. The maximum Gasteiger partial charge on any atom is 0.337 e. The molecule has 0 bridgehead atoms. The molecule has 0 atom stereocenters. The first-order valence-corrected chi connectivity index (χ1v) is 5.26. The Labute approximate surface area is 101 Å². The zero-order valence-corrected chi connectivity index (χ0v) is 9.89. The van der Waals surface area contributed by atoms with Crippen LogP contribution in [0.15, 0.2) is 37.6 Å². The van der Waals surface area contributed by atoms with Crippen molar-refractivity contribution in [3.8, 4) is 0 Å². The fourth-order valence-corrected chi connectivity index (χ4v) is 1.57. The number of nitrogens with zero attached hydrogens (tertiary/aromatic N) is 2. The lowest BCUT2D eigenvalue weighted by Gasteiger charge is -2.22. The highest BCUT2D eigenvalue weighted by molar-refractivity contribution is 5.87. The highest BCUT2D eigenvalue weighted by Crippen LogP contribution is 2.17. The molecule has 1 heterocycles. The number of carboxylic acids is 1. The predicted octanol–water partition coefficient (Wildman–Crippen LogP) is 2.27. The van der Waals surface area contributed by atoms with Gasteiger partial charge in [0.25, 0.3) is 0 Å². The van der Waals surface area contributed by atoms with Crippen LogP contribution in [0.5, 0.6) is 0 Å². The summed E-state index contributed by atoms with van der Waals surface area (Å²) in [6.07, 6.45) is 4.91. The molecule has 1 aromatic heterocycles. The molecule has 0 saturated carbocycles. The SMILES string of the molecule is C=CCN(CC=C)c1ncc(C(=O)O)cc1C. The van der Waals surface area contributed by atoms with Crippen LogP contribution in [0.25, 0.3) is 0 Å². The van der Waals surface area contributed by atoms with Gasteiger partial charge in [0.05, 0.1) is 5.56 Å². The molecular formula is C13H16N2O2. The first kappa shape index (κ1) is 13.0. The van der Waals surface area contributed by atoms with Crippen LogP contribution in [0, 0.1) is 6.92 Å². The van der Waals surface area contributed by atoms with E-state index >= 15 is 0 Å². The third-order valence-electron chi connectivity index (χ3n) is 2.30. The van der Waals surface area contributed by atoms with Crippen LogP contribution in [0.2, 0.25) is 0 Å². The number of aromatic carboxylic acids is 1. The monoisotopic (exact) mass is 232 g/mol. The Bertz CT molecular complexity index is 431. The second kappa shape index (κ2) is 5.84. The van der Waals surface area contributed by atoms with Crippen LogP contribution in [0.1, 0.15) is 15.9 Å². The molecule has 90 valence electrons. The van der Waals surface area contributed by atoms with Gasteiger partial charge in [0, 0.05) is 19.3 Å². The van der Waals surface area contributed by atoms with Crippen molar-refractivity contribution in [2.75, 3.05) is 18.0 Å². The minimum absolute atomic E-state index is 0.198. The van der Waals surface area contributed by atoms with Gasteiger partial charge in [0.2, 0.25) is 0 Å². The number of hydrogen-bond acceptors (Lipinski definition) is 3. The summed E-state index contributed by atoms with van der Waals surface area (Å²) in [4.78, 5) is 17.0. The van der Waals surface area contributed by atoms with Crippen molar-refractivity contribution < 1.29 is 9.90 Å². The van der Waals surface area contributed by atoms with Crippen molar-refractivity contribution in [1.29, 1.82) is 0 Å². The number of carbonyl (C=O) groups is 1. The fourth-order valence-electron chi connectivity index (χ4n) is 1.57. The van der Waals surface area contributed by atoms with Gasteiger partial charge in [-0.2, -0.15) is 0 Å². The Morgan fingerprint density at radius 1 is 1.47 bits per heavy atom. The van der Waals surface area contributed by atoms with Crippen LogP contribution in [0.4, 0.5) is 5.82 Å². The Hall–Kier alpha value is -2.10. The Morgan fingerprint density at radius 2 is 2.06 bits per heavy atom. The van der Waals surface area contributed by atoms with Crippen molar-refractivity contribution >= 4 is 11.8 Å². The summed E-state index contributed by atoms with van der Waals surface area (Å²) in [5.74, 6) is -0.207. The number of rotatable bonds is 6. The topological polar surface area (TPSA) is 53.4 Å². The van der Waals surface area contributed by atoms with E-state index in [0.29, 0.717) is 13.1 Å². The summed E-state index contributed by atoms with van der Waals surface area (Å²) in [6, 6.07) is 1.61. The van der Waals surface area contributed by atoms with E-state index in [4.69, 9.17) is 5.11 Å². The third-order valence-corrected chi connectivity index (χ3v) is 2.30. The van der Waals surface area contributed by atoms with E-state index in [2.05, 4.69) is 18.1 Å². The Kier molecular flexibility index (Phi) is 4.46. The highest BCUT2D eigenvalue weighted by Gasteiger charge is 2.11. The predicted molar refractivity (Wildman–Crippen MR) is 68.5 cm³/mol. The highest BCUT2D eigenvalue weighted by atomic mass is 16.4. The minimum atomic E-state index is -0.967. The fraction of sp³-hybridized carbons (Fsp3) is 0.231. The number of aromatic nitrogens is 1. The standard InChI is InChI=1S/C13H16N2O2/c1-4-6-15(7-5-2)12-10(3)8-11(9-14-12)13(16)17/h4-5,8-9H,1-2,6-7H2,3H3,(H,16,17). The van der Waals surface area contributed by atoms with Gasteiger partial charge in [0.1, 0.15) is 5.82 Å². The first-order chi connectivity index (χ1) is 8.10. The van der Waals surface area contributed by atoms with E-state index in [0.717, 1.165) is 11.4 Å². The number of hydrogen-bond donors (Lipinski definition) is 1. The van der Waals surface area contributed by atoms with Crippen molar-refractivity contribution in [2.24, 2.45) is 0 Å². The van der Waals surface area contributed by atoms with Gasteiger partial charge in [-0.3, -0.25) is 0 Å². The lowest BCUT2D eigenvalue weighted by atomic mass is 10.2. The summed E-state index contributed by atoms with van der Waals surface area (Å²) >= 11 is 0. The number of aryl methyl sites for hydroxylation is 1. The van der Waals surface area contributed by atoms with Crippen LogP contribution in [-0.4, -0.2) is 29.1 Å². The number of pyridine rings is 1. The maximum absolute atomic E-state index is 10.8. The van der Waals surface area contributed by atoms with Crippen LogP contribution >= 0.6 is 0 Å². The molecule has 0 aliphatic heterocycles. The van der Waals surface area contributed by atoms with Crippen LogP contribution < -0.4 is 4.90 Å². The summed E-state index contributed by atoms with van der Waals surface area (Å²) in [5, 5.41) is 8.86. The van der Waals surface area contributed by atoms with Gasteiger partial charge >= 0.3 is 5.97 Å². The molecule has 0 aromatic carbocycles. The molecule has 1 aromatic rings. The lowest BCUT2D eigenvalue weighted by Crippen LogP contribution is -2.25. The second-order valence-electron chi connectivity index (χ2n) is 3.65. The molecule has 0 saturated heterocycles. The quantitative estimate of drug-likeness (QED) is 0.764. The van der Waals surface area contributed by atoms with Gasteiger partial charge in [0.15, 0.2) is 0 Å². The number of carboxylic acid groups (broad SMARTS) is 1.